The predicted octanol–water partition coefficient (Wildman–Crippen LogP) is 3.75. The van der Waals surface area contributed by atoms with E-state index >= 15 is 0 Å². The number of benzene rings is 2. The second-order valence-corrected chi connectivity index (χ2v) is 5.99. The maximum absolute atomic E-state index is 3.23. The summed E-state index contributed by atoms with van der Waals surface area (Å²) >= 11 is 0. The molecule has 1 aliphatic heterocycles. The maximum atomic E-state index is 3.23. The highest BCUT2D eigenvalue weighted by Gasteiger charge is 2.22. The summed E-state index contributed by atoms with van der Waals surface area (Å²) in [4.78, 5) is 2.55. The Morgan fingerprint density at radius 2 is 1.90 bits per heavy atom. The largest absolute Gasteiger partial charge is 0.364 e. The summed E-state index contributed by atoms with van der Waals surface area (Å²) in [7, 11) is 2.00. The van der Waals surface area contributed by atoms with Crippen molar-refractivity contribution < 1.29 is 0 Å². The number of hydrogen-bond acceptors (Lipinski definition) is 2. The Balaban J connectivity index is 1.85. The third-order valence-electron chi connectivity index (χ3n) is 4.39. The molecule has 1 N–H and O–H groups in total. The van der Waals surface area contributed by atoms with Gasteiger partial charge in [0, 0.05) is 24.8 Å². The smallest absolute Gasteiger partial charge is 0.0432 e. The van der Waals surface area contributed by atoms with E-state index in [9.17, 15) is 0 Å². The van der Waals surface area contributed by atoms with Crippen LogP contribution < -0.4 is 10.2 Å². The van der Waals surface area contributed by atoms with Crippen molar-refractivity contribution in [3.8, 4) is 0 Å². The van der Waals surface area contributed by atoms with Crippen molar-refractivity contribution in [2.75, 3.05) is 11.9 Å². The van der Waals surface area contributed by atoms with Gasteiger partial charge < -0.3 is 10.2 Å². The highest BCUT2D eigenvalue weighted by Crippen LogP contribution is 2.31. The molecule has 2 heteroatoms. The molecule has 1 atom stereocenters. The van der Waals surface area contributed by atoms with E-state index in [0.717, 1.165) is 13.1 Å². The fourth-order valence-corrected chi connectivity index (χ4v) is 3.24. The van der Waals surface area contributed by atoms with Crippen molar-refractivity contribution in [1.82, 2.24) is 5.32 Å². The van der Waals surface area contributed by atoms with Gasteiger partial charge in [0.2, 0.25) is 0 Å². The Bertz CT molecular complexity index is 606. The lowest BCUT2D eigenvalue weighted by Gasteiger charge is -2.37. The molecule has 1 unspecified atom stereocenters. The van der Waals surface area contributed by atoms with Crippen LogP contribution >= 0.6 is 0 Å². The molecule has 0 saturated heterocycles. The molecule has 0 aliphatic carbocycles. The van der Waals surface area contributed by atoms with E-state index in [1.807, 2.05) is 7.05 Å². The fraction of sp³-hybridized carbons (Fsp3) is 0.368. The molecule has 0 amide bonds. The summed E-state index contributed by atoms with van der Waals surface area (Å²) in [6, 6.07) is 18.4. The van der Waals surface area contributed by atoms with Crippen LogP contribution in [0.3, 0.4) is 0 Å². The summed E-state index contributed by atoms with van der Waals surface area (Å²) in [5.74, 6) is 0. The van der Waals surface area contributed by atoms with Crippen molar-refractivity contribution in [3.63, 3.8) is 0 Å². The number of rotatable bonds is 4. The molecule has 2 aromatic carbocycles. The van der Waals surface area contributed by atoms with Crippen LogP contribution in [-0.2, 0) is 19.5 Å². The fourth-order valence-electron chi connectivity index (χ4n) is 3.24. The molecule has 2 nitrogen and oxygen atoms in total. The summed E-state index contributed by atoms with van der Waals surface area (Å²) in [6.07, 6.45) is 2.45. The molecule has 0 fully saturated rings. The third-order valence-corrected chi connectivity index (χ3v) is 4.39. The number of fused-ring (bicyclic) bond motifs is 1. The first-order chi connectivity index (χ1) is 10.3. The second-order valence-electron chi connectivity index (χ2n) is 5.99. The van der Waals surface area contributed by atoms with E-state index in [2.05, 4.69) is 65.7 Å². The SMILES string of the molecule is CNCc1cccc(CN2c3ccccc3CCC2C)c1. The first-order valence-electron chi connectivity index (χ1n) is 7.85. The van der Waals surface area contributed by atoms with Gasteiger partial charge in [0.25, 0.3) is 0 Å². The van der Waals surface area contributed by atoms with Gasteiger partial charge in [-0.15, -0.1) is 0 Å². The van der Waals surface area contributed by atoms with Gasteiger partial charge in [0.15, 0.2) is 0 Å². The average molecular weight is 280 g/mol. The maximum Gasteiger partial charge on any atom is 0.0432 e. The molecule has 0 spiro atoms. The van der Waals surface area contributed by atoms with Gasteiger partial charge in [-0.05, 0) is 49.6 Å². The van der Waals surface area contributed by atoms with E-state index in [0.29, 0.717) is 6.04 Å². The molecule has 0 saturated carbocycles. The average Bonchev–Trinajstić information content (AvgIpc) is 2.51. The van der Waals surface area contributed by atoms with Gasteiger partial charge in [-0.1, -0.05) is 42.5 Å². The third kappa shape index (κ3) is 3.11. The summed E-state index contributed by atoms with van der Waals surface area (Å²) in [5.41, 5.74) is 5.65. The van der Waals surface area contributed by atoms with Crippen LogP contribution in [-0.4, -0.2) is 13.1 Å². The summed E-state index contributed by atoms with van der Waals surface area (Å²) in [5, 5.41) is 3.23. The van der Waals surface area contributed by atoms with Crippen LogP contribution in [0.5, 0.6) is 0 Å². The topological polar surface area (TPSA) is 15.3 Å². The zero-order valence-electron chi connectivity index (χ0n) is 13.0. The normalized spacial score (nSPS) is 17.6. The van der Waals surface area contributed by atoms with E-state index in [-0.39, 0.29) is 0 Å². The molecule has 3 rings (SSSR count). The standard InChI is InChI=1S/C19H24N2/c1-15-10-11-18-8-3-4-9-19(18)21(15)14-17-7-5-6-16(12-17)13-20-2/h3-9,12,15,20H,10-11,13-14H2,1-2H3. The molecule has 1 heterocycles. The molecule has 1 aliphatic rings. The molecular formula is C19H24N2. The van der Waals surface area contributed by atoms with Crippen molar-refractivity contribution >= 4 is 5.69 Å². The molecule has 21 heavy (non-hydrogen) atoms. The first-order valence-corrected chi connectivity index (χ1v) is 7.85. The Morgan fingerprint density at radius 1 is 1.10 bits per heavy atom. The quantitative estimate of drug-likeness (QED) is 0.917. The molecular weight excluding hydrogens is 256 g/mol. The van der Waals surface area contributed by atoms with Crippen LogP contribution in [0, 0.1) is 0 Å². The molecule has 110 valence electrons. The Morgan fingerprint density at radius 3 is 2.76 bits per heavy atom. The molecule has 0 bridgehead atoms. The van der Waals surface area contributed by atoms with Crippen LogP contribution in [0.15, 0.2) is 48.5 Å². The Kier molecular flexibility index (Phi) is 4.26. The molecule has 2 aromatic rings. The highest BCUT2D eigenvalue weighted by molar-refractivity contribution is 5.56. The van der Waals surface area contributed by atoms with E-state index in [1.54, 1.807) is 0 Å². The zero-order valence-corrected chi connectivity index (χ0v) is 13.0. The minimum absolute atomic E-state index is 0.604. The Hall–Kier alpha value is -1.80. The lowest BCUT2D eigenvalue weighted by atomic mass is 9.96. The van der Waals surface area contributed by atoms with Crippen molar-refractivity contribution in [2.45, 2.75) is 38.9 Å². The van der Waals surface area contributed by atoms with E-state index in [1.165, 1.54) is 35.2 Å². The number of nitrogens with one attached hydrogen (secondary N) is 1. The number of aryl methyl sites for hydroxylation is 1. The van der Waals surface area contributed by atoms with Crippen LogP contribution in [0.4, 0.5) is 5.69 Å². The van der Waals surface area contributed by atoms with Crippen LogP contribution in [0.25, 0.3) is 0 Å². The highest BCUT2D eigenvalue weighted by atomic mass is 15.2. The molecule has 0 aromatic heterocycles. The predicted molar refractivity (Wildman–Crippen MR) is 89.6 cm³/mol. The summed E-state index contributed by atoms with van der Waals surface area (Å²) in [6.45, 7) is 4.27. The van der Waals surface area contributed by atoms with Crippen LogP contribution in [0.2, 0.25) is 0 Å². The number of nitrogens with zero attached hydrogens (tertiary/aromatic N) is 1. The van der Waals surface area contributed by atoms with Crippen molar-refractivity contribution in [2.24, 2.45) is 0 Å². The first kappa shape index (κ1) is 14.2. The Labute approximate surface area is 127 Å². The second kappa shape index (κ2) is 6.31. The van der Waals surface area contributed by atoms with Gasteiger partial charge in [0.05, 0.1) is 0 Å². The van der Waals surface area contributed by atoms with Gasteiger partial charge in [-0.25, -0.2) is 0 Å². The van der Waals surface area contributed by atoms with Gasteiger partial charge >= 0.3 is 0 Å². The number of anilines is 1. The van der Waals surface area contributed by atoms with Gasteiger partial charge in [-0.3, -0.25) is 0 Å². The zero-order chi connectivity index (χ0) is 14.7. The lowest BCUT2D eigenvalue weighted by Crippen LogP contribution is -2.36. The minimum Gasteiger partial charge on any atom is -0.364 e. The van der Waals surface area contributed by atoms with Crippen molar-refractivity contribution in [1.29, 1.82) is 0 Å². The van der Waals surface area contributed by atoms with E-state index in [4.69, 9.17) is 0 Å². The van der Waals surface area contributed by atoms with Gasteiger partial charge in [-0.2, -0.15) is 0 Å². The lowest BCUT2D eigenvalue weighted by molar-refractivity contribution is 0.560. The number of para-hydroxylation sites is 1. The van der Waals surface area contributed by atoms with E-state index < -0.39 is 0 Å². The molecule has 0 radical (unpaired) electrons. The van der Waals surface area contributed by atoms with Crippen molar-refractivity contribution in [3.05, 3.63) is 65.2 Å². The number of hydrogen-bond donors (Lipinski definition) is 1. The van der Waals surface area contributed by atoms with Crippen LogP contribution in [0.1, 0.15) is 30.0 Å². The summed E-state index contributed by atoms with van der Waals surface area (Å²) < 4.78 is 0. The minimum atomic E-state index is 0.604. The van der Waals surface area contributed by atoms with Gasteiger partial charge in [0.1, 0.15) is 0 Å². The monoisotopic (exact) mass is 280 g/mol.